The molecule has 1 amide bonds. The van der Waals surface area contributed by atoms with Crippen molar-refractivity contribution in [1.82, 2.24) is 15.0 Å². The summed E-state index contributed by atoms with van der Waals surface area (Å²) in [5.41, 5.74) is 3.29. The minimum atomic E-state index is -0.220. The van der Waals surface area contributed by atoms with E-state index in [9.17, 15) is 10.0 Å². The van der Waals surface area contributed by atoms with Gasteiger partial charge in [0.2, 0.25) is 0 Å². The van der Waals surface area contributed by atoms with E-state index in [4.69, 9.17) is 4.98 Å². The van der Waals surface area contributed by atoms with Gasteiger partial charge in [-0.05, 0) is 36.5 Å². The number of rotatable bonds is 7. The highest BCUT2D eigenvalue weighted by atomic mass is 16.5. The predicted molar refractivity (Wildman–Crippen MR) is 139 cm³/mol. The first kappa shape index (κ1) is 22.8. The summed E-state index contributed by atoms with van der Waals surface area (Å²) in [5.74, 6) is 1.13. The van der Waals surface area contributed by atoms with Crippen LogP contribution < -0.4 is 15.1 Å². The Bertz CT molecular complexity index is 1260. The van der Waals surface area contributed by atoms with E-state index in [0.29, 0.717) is 41.2 Å². The Balaban J connectivity index is 1.66. The lowest BCUT2D eigenvalue weighted by Gasteiger charge is -2.28. The number of carbonyl (C=O) groups is 1. The quantitative estimate of drug-likeness (QED) is 0.379. The SMILES string of the molecule is CNC(=O)c1cnc(N(Cc2ccccc2)Cc2ccccc2)c2c1cc(N1CCCCC1)n2O. The van der Waals surface area contributed by atoms with E-state index in [-0.39, 0.29) is 5.91 Å². The van der Waals surface area contributed by atoms with Gasteiger partial charge in [0.05, 0.1) is 5.56 Å². The molecule has 0 radical (unpaired) electrons. The van der Waals surface area contributed by atoms with Crippen LogP contribution in [0.3, 0.4) is 0 Å². The van der Waals surface area contributed by atoms with Crippen LogP contribution >= 0.6 is 0 Å². The Kier molecular flexibility index (Phi) is 6.57. The Labute approximate surface area is 205 Å². The van der Waals surface area contributed by atoms with Crippen LogP contribution in [0, 0.1) is 0 Å². The van der Waals surface area contributed by atoms with Crippen LogP contribution in [0.25, 0.3) is 10.9 Å². The summed E-state index contributed by atoms with van der Waals surface area (Å²) in [5, 5.41) is 14.9. The number of anilines is 2. The lowest BCUT2D eigenvalue weighted by Crippen LogP contribution is -2.31. The highest BCUT2D eigenvalue weighted by Gasteiger charge is 2.26. The van der Waals surface area contributed by atoms with Crippen LogP contribution in [0.4, 0.5) is 11.6 Å². The molecule has 0 bridgehead atoms. The van der Waals surface area contributed by atoms with Crippen LogP contribution in [0.1, 0.15) is 40.7 Å². The molecule has 1 aliphatic heterocycles. The molecular formula is C28H31N5O2. The van der Waals surface area contributed by atoms with Gasteiger partial charge in [-0.1, -0.05) is 60.7 Å². The third-order valence-electron chi connectivity index (χ3n) is 6.66. The van der Waals surface area contributed by atoms with E-state index in [0.717, 1.165) is 37.1 Å². The number of carbonyl (C=O) groups excluding carboxylic acids is 1. The van der Waals surface area contributed by atoms with E-state index in [1.165, 1.54) is 11.2 Å². The van der Waals surface area contributed by atoms with Gasteiger partial charge in [0, 0.05) is 44.8 Å². The van der Waals surface area contributed by atoms with Gasteiger partial charge in [-0.2, -0.15) is 4.73 Å². The zero-order valence-corrected chi connectivity index (χ0v) is 20.0. The summed E-state index contributed by atoms with van der Waals surface area (Å²) < 4.78 is 1.23. The first-order valence-electron chi connectivity index (χ1n) is 12.2. The van der Waals surface area contributed by atoms with Crippen LogP contribution in [-0.4, -0.2) is 41.0 Å². The van der Waals surface area contributed by atoms with E-state index in [1.54, 1.807) is 13.2 Å². The second-order valence-corrected chi connectivity index (χ2v) is 9.03. The molecule has 3 heterocycles. The Hall–Kier alpha value is -4.00. The maximum absolute atomic E-state index is 12.7. The van der Waals surface area contributed by atoms with Crippen molar-refractivity contribution in [2.24, 2.45) is 0 Å². The van der Waals surface area contributed by atoms with Gasteiger partial charge in [-0.15, -0.1) is 0 Å². The maximum Gasteiger partial charge on any atom is 0.253 e. The van der Waals surface area contributed by atoms with Crippen molar-refractivity contribution >= 4 is 28.4 Å². The fourth-order valence-electron chi connectivity index (χ4n) is 4.87. The van der Waals surface area contributed by atoms with Crippen LogP contribution in [-0.2, 0) is 13.1 Å². The normalized spacial score (nSPS) is 13.7. The molecule has 7 heteroatoms. The number of benzene rings is 2. The molecule has 0 saturated carbocycles. The van der Waals surface area contributed by atoms with Crippen LogP contribution in [0.5, 0.6) is 0 Å². The van der Waals surface area contributed by atoms with Crippen LogP contribution in [0.2, 0.25) is 0 Å². The molecule has 7 nitrogen and oxygen atoms in total. The summed E-state index contributed by atoms with van der Waals surface area (Å²) in [6.07, 6.45) is 4.99. The average Bonchev–Trinajstić information content (AvgIpc) is 3.26. The Morgan fingerprint density at radius 2 is 1.57 bits per heavy atom. The molecule has 5 rings (SSSR count). The summed E-state index contributed by atoms with van der Waals surface area (Å²) in [6.45, 7) is 2.99. The van der Waals surface area contributed by atoms with Crippen molar-refractivity contribution in [3.05, 3.63) is 89.6 Å². The molecular weight excluding hydrogens is 438 g/mol. The minimum Gasteiger partial charge on any atom is -0.426 e. The van der Waals surface area contributed by atoms with Crippen molar-refractivity contribution in [2.45, 2.75) is 32.4 Å². The van der Waals surface area contributed by atoms with Crippen LogP contribution in [0.15, 0.2) is 72.9 Å². The standard InChI is InChI=1S/C28H31N5O2/c1-29-28(34)24-18-30-27(26-23(24)17-25(33(26)35)31-15-9-4-10-16-31)32(19-21-11-5-2-6-12-21)20-22-13-7-3-8-14-22/h2-3,5-8,11-14,17-18,35H,4,9-10,15-16,19-20H2,1H3,(H,29,34). The number of hydrogen-bond acceptors (Lipinski definition) is 5. The van der Waals surface area contributed by atoms with Gasteiger partial charge in [0.15, 0.2) is 5.82 Å². The zero-order valence-electron chi connectivity index (χ0n) is 20.0. The number of fused-ring (bicyclic) bond motifs is 1. The lowest BCUT2D eigenvalue weighted by molar-refractivity contribution is 0.0964. The Morgan fingerprint density at radius 3 is 2.14 bits per heavy atom. The van der Waals surface area contributed by atoms with Crippen molar-refractivity contribution in [1.29, 1.82) is 0 Å². The summed E-state index contributed by atoms with van der Waals surface area (Å²) in [7, 11) is 1.61. The van der Waals surface area contributed by atoms with E-state index < -0.39 is 0 Å². The van der Waals surface area contributed by atoms with Crippen molar-refractivity contribution in [3.63, 3.8) is 0 Å². The van der Waals surface area contributed by atoms with Gasteiger partial charge < -0.3 is 20.3 Å². The third kappa shape index (κ3) is 4.67. The molecule has 2 aromatic heterocycles. The molecule has 0 spiro atoms. The second-order valence-electron chi connectivity index (χ2n) is 9.03. The van der Waals surface area contributed by atoms with Crippen molar-refractivity contribution in [3.8, 4) is 0 Å². The lowest BCUT2D eigenvalue weighted by atomic mass is 10.1. The highest BCUT2D eigenvalue weighted by molar-refractivity contribution is 6.09. The smallest absolute Gasteiger partial charge is 0.253 e. The van der Waals surface area contributed by atoms with Gasteiger partial charge >= 0.3 is 0 Å². The first-order valence-corrected chi connectivity index (χ1v) is 12.2. The number of piperidine rings is 1. The van der Waals surface area contributed by atoms with Gasteiger partial charge in [-0.25, -0.2) is 4.98 Å². The topological polar surface area (TPSA) is 73.6 Å². The van der Waals surface area contributed by atoms with E-state index in [1.807, 2.05) is 42.5 Å². The summed E-state index contributed by atoms with van der Waals surface area (Å²) in [4.78, 5) is 21.8. The fourth-order valence-corrected chi connectivity index (χ4v) is 4.87. The average molecular weight is 470 g/mol. The number of pyridine rings is 1. The van der Waals surface area contributed by atoms with Gasteiger partial charge in [0.25, 0.3) is 5.91 Å². The number of nitrogens with one attached hydrogen (secondary N) is 1. The molecule has 0 aliphatic carbocycles. The molecule has 1 aliphatic rings. The number of nitrogens with zero attached hydrogens (tertiary/aromatic N) is 4. The molecule has 0 atom stereocenters. The number of aromatic nitrogens is 2. The second kappa shape index (κ2) is 10.1. The first-order chi connectivity index (χ1) is 17.2. The summed E-state index contributed by atoms with van der Waals surface area (Å²) in [6, 6.07) is 22.4. The van der Waals surface area contributed by atoms with Gasteiger partial charge in [-0.3, -0.25) is 4.79 Å². The molecule has 1 fully saturated rings. The van der Waals surface area contributed by atoms with E-state index in [2.05, 4.69) is 39.4 Å². The number of amides is 1. The van der Waals surface area contributed by atoms with Crippen molar-refractivity contribution in [2.75, 3.05) is 29.9 Å². The third-order valence-corrected chi connectivity index (χ3v) is 6.66. The molecule has 35 heavy (non-hydrogen) atoms. The van der Waals surface area contributed by atoms with Gasteiger partial charge in [0.1, 0.15) is 11.3 Å². The molecule has 0 unspecified atom stereocenters. The highest BCUT2D eigenvalue weighted by Crippen LogP contribution is 2.35. The fraction of sp³-hybridized carbons (Fsp3) is 0.286. The molecule has 2 N–H and O–H groups in total. The predicted octanol–water partition coefficient (Wildman–Crippen LogP) is 4.83. The molecule has 4 aromatic rings. The molecule has 180 valence electrons. The Morgan fingerprint density at radius 1 is 0.971 bits per heavy atom. The summed E-state index contributed by atoms with van der Waals surface area (Å²) >= 11 is 0. The van der Waals surface area contributed by atoms with E-state index >= 15 is 0 Å². The number of hydrogen-bond donors (Lipinski definition) is 2. The van der Waals surface area contributed by atoms with Crippen molar-refractivity contribution < 1.29 is 10.0 Å². The monoisotopic (exact) mass is 469 g/mol. The minimum absolute atomic E-state index is 0.220. The molecule has 1 saturated heterocycles. The maximum atomic E-state index is 12.7. The molecule has 2 aromatic carbocycles. The zero-order chi connectivity index (χ0) is 24.2. The largest absolute Gasteiger partial charge is 0.426 e.